The van der Waals surface area contributed by atoms with Crippen LogP contribution in [0.4, 0.5) is 34.1 Å². The largest absolute Gasteiger partial charge is 0.456 e. The second kappa shape index (κ2) is 12.8. The summed E-state index contributed by atoms with van der Waals surface area (Å²) in [7, 11) is 0. The van der Waals surface area contributed by atoms with Gasteiger partial charge < -0.3 is 14.2 Å². The van der Waals surface area contributed by atoms with Crippen LogP contribution in [-0.2, 0) is 16.2 Å². The van der Waals surface area contributed by atoms with Crippen LogP contribution >= 0.6 is 0 Å². The van der Waals surface area contributed by atoms with Crippen LogP contribution < -0.4 is 26.2 Å². The first-order valence-corrected chi connectivity index (χ1v) is 20.8. The van der Waals surface area contributed by atoms with Gasteiger partial charge in [-0.3, -0.25) is 0 Å². The zero-order valence-corrected chi connectivity index (χ0v) is 35.2. The molecule has 0 radical (unpaired) electrons. The lowest BCUT2D eigenvalue weighted by atomic mass is 9.33. The minimum atomic E-state index is -0.0114. The average Bonchev–Trinajstić information content (AvgIpc) is 3.57. The SMILES string of the molecule is CC(C)(C)c1ccc(N2c3ccc(C(C)(C)C)cc3B3c4ccc(C(C)(C)C)cc4N(c4ccc(-c5ccc6oc7ccccc7c6c5)cc4)c4cccc2c43)cc1. The van der Waals surface area contributed by atoms with Gasteiger partial charge in [-0.2, -0.15) is 0 Å². The minimum absolute atomic E-state index is 0.00459. The molecule has 2 aliphatic heterocycles. The monoisotopic (exact) mass is 754 g/mol. The molecule has 10 rings (SSSR count). The maximum atomic E-state index is 6.16. The third kappa shape index (κ3) is 5.79. The summed E-state index contributed by atoms with van der Waals surface area (Å²) in [6.45, 7) is 20.9. The molecule has 0 spiro atoms. The molecule has 58 heavy (non-hydrogen) atoms. The Kier molecular flexibility index (Phi) is 7.99. The van der Waals surface area contributed by atoms with Crippen LogP contribution in [0.1, 0.15) is 79.0 Å². The first-order valence-electron chi connectivity index (χ1n) is 20.8. The van der Waals surface area contributed by atoms with Gasteiger partial charge in [-0.15, -0.1) is 0 Å². The first-order chi connectivity index (χ1) is 27.6. The highest BCUT2D eigenvalue weighted by molar-refractivity contribution is 7.00. The quantitative estimate of drug-likeness (QED) is 0.168. The molecule has 2 aliphatic rings. The van der Waals surface area contributed by atoms with Gasteiger partial charge in [0.1, 0.15) is 11.2 Å². The van der Waals surface area contributed by atoms with Crippen molar-refractivity contribution in [2.45, 2.75) is 78.6 Å². The van der Waals surface area contributed by atoms with Crippen LogP contribution in [0.5, 0.6) is 0 Å². The van der Waals surface area contributed by atoms with E-state index in [4.69, 9.17) is 4.42 Å². The Morgan fingerprint density at radius 1 is 0.397 bits per heavy atom. The van der Waals surface area contributed by atoms with E-state index in [1.165, 1.54) is 72.6 Å². The Balaban J connectivity index is 1.18. The van der Waals surface area contributed by atoms with Crippen molar-refractivity contribution in [3.8, 4) is 11.1 Å². The van der Waals surface area contributed by atoms with Crippen molar-refractivity contribution in [1.82, 2.24) is 0 Å². The Labute approximate surface area is 344 Å². The Bertz CT molecular complexity index is 2900. The maximum absolute atomic E-state index is 6.16. The van der Waals surface area contributed by atoms with E-state index in [0.717, 1.165) is 27.6 Å². The van der Waals surface area contributed by atoms with Crippen LogP contribution in [0.2, 0.25) is 0 Å². The number of benzene rings is 7. The maximum Gasteiger partial charge on any atom is 0.252 e. The summed E-state index contributed by atoms with van der Waals surface area (Å²) in [4.78, 5) is 5.03. The van der Waals surface area contributed by atoms with Gasteiger partial charge in [0, 0.05) is 44.9 Å². The van der Waals surface area contributed by atoms with Gasteiger partial charge in [0.25, 0.3) is 6.71 Å². The molecule has 0 unspecified atom stereocenters. The molecule has 7 aromatic carbocycles. The standard InChI is InChI=1S/C54H51BN2O/c1-52(2,3)36-20-26-40(27-21-36)56-45-29-23-37(53(4,5)6)32-44(45)55-43-28-22-38(54(7,8)9)33-48(43)57(47-15-12-14-46(56)51(47)55)39-24-17-34(18-25-39)35-19-30-50-42(31-35)41-13-10-11-16-49(41)58-50/h10-33H,1-9H3. The summed E-state index contributed by atoms with van der Waals surface area (Å²) in [6.07, 6.45) is 0. The summed E-state index contributed by atoms with van der Waals surface area (Å²) < 4.78 is 6.16. The number of para-hydroxylation sites is 1. The van der Waals surface area contributed by atoms with E-state index < -0.39 is 0 Å². The van der Waals surface area contributed by atoms with Gasteiger partial charge in [0.15, 0.2) is 0 Å². The highest BCUT2D eigenvalue weighted by Gasteiger charge is 2.44. The number of anilines is 6. The van der Waals surface area contributed by atoms with Crippen molar-refractivity contribution >= 4 is 79.2 Å². The summed E-state index contributed by atoms with van der Waals surface area (Å²) in [5.41, 5.74) is 19.6. The smallest absolute Gasteiger partial charge is 0.252 e. The second-order valence-corrected chi connectivity index (χ2v) is 19.5. The number of furan rings is 1. The van der Waals surface area contributed by atoms with Crippen LogP contribution in [0.3, 0.4) is 0 Å². The van der Waals surface area contributed by atoms with Gasteiger partial charge in [0.2, 0.25) is 0 Å². The van der Waals surface area contributed by atoms with Gasteiger partial charge in [-0.05, 0) is 127 Å². The highest BCUT2D eigenvalue weighted by Crippen LogP contribution is 2.46. The third-order valence-corrected chi connectivity index (χ3v) is 12.6. The van der Waals surface area contributed by atoms with E-state index in [1.807, 2.05) is 12.1 Å². The molecule has 0 saturated heterocycles. The lowest BCUT2D eigenvalue weighted by Crippen LogP contribution is -2.61. The van der Waals surface area contributed by atoms with Gasteiger partial charge in [0.05, 0.1) is 0 Å². The third-order valence-electron chi connectivity index (χ3n) is 12.6. The van der Waals surface area contributed by atoms with Crippen molar-refractivity contribution in [3.05, 3.63) is 162 Å². The molecule has 0 bridgehead atoms. The normalized spacial score (nSPS) is 13.8. The zero-order chi connectivity index (χ0) is 40.3. The lowest BCUT2D eigenvalue weighted by Gasteiger charge is -2.45. The number of hydrogen-bond donors (Lipinski definition) is 0. The fourth-order valence-corrected chi connectivity index (χ4v) is 9.24. The molecular weight excluding hydrogens is 703 g/mol. The van der Waals surface area contributed by atoms with E-state index in [2.05, 4.69) is 206 Å². The van der Waals surface area contributed by atoms with E-state index in [1.54, 1.807) is 0 Å². The molecule has 0 atom stereocenters. The van der Waals surface area contributed by atoms with E-state index in [-0.39, 0.29) is 23.0 Å². The highest BCUT2D eigenvalue weighted by atomic mass is 16.3. The molecule has 0 N–H and O–H groups in total. The topological polar surface area (TPSA) is 19.6 Å². The molecule has 8 aromatic rings. The van der Waals surface area contributed by atoms with Crippen molar-refractivity contribution in [2.75, 3.05) is 9.80 Å². The van der Waals surface area contributed by atoms with E-state index >= 15 is 0 Å². The van der Waals surface area contributed by atoms with Gasteiger partial charge in [-0.25, -0.2) is 0 Å². The zero-order valence-electron chi connectivity index (χ0n) is 35.2. The van der Waals surface area contributed by atoms with Crippen molar-refractivity contribution in [2.24, 2.45) is 0 Å². The number of nitrogens with zero attached hydrogens (tertiary/aromatic N) is 2. The summed E-state index contributed by atoms with van der Waals surface area (Å²) in [5.74, 6) is 0. The van der Waals surface area contributed by atoms with Crippen LogP contribution in [0.25, 0.3) is 33.1 Å². The number of hydrogen-bond acceptors (Lipinski definition) is 3. The van der Waals surface area contributed by atoms with Gasteiger partial charge in [-0.1, -0.05) is 141 Å². The van der Waals surface area contributed by atoms with E-state index in [9.17, 15) is 0 Å². The average molecular weight is 755 g/mol. The van der Waals surface area contributed by atoms with Crippen molar-refractivity contribution < 1.29 is 4.42 Å². The molecule has 0 amide bonds. The van der Waals surface area contributed by atoms with Crippen LogP contribution in [0, 0.1) is 0 Å². The van der Waals surface area contributed by atoms with Gasteiger partial charge >= 0.3 is 0 Å². The molecule has 0 saturated carbocycles. The molecule has 4 heteroatoms. The minimum Gasteiger partial charge on any atom is -0.456 e. The summed E-state index contributed by atoms with van der Waals surface area (Å²) >= 11 is 0. The molecule has 0 aliphatic carbocycles. The number of rotatable bonds is 3. The molecular formula is C54H51BN2O. The molecule has 3 nitrogen and oxygen atoms in total. The molecule has 1 aromatic heterocycles. The van der Waals surface area contributed by atoms with Crippen molar-refractivity contribution in [1.29, 1.82) is 0 Å². The summed E-state index contributed by atoms with van der Waals surface area (Å²) in [5, 5.41) is 2.29. The van der Waals surface area contributed by atoms with Crippen molar-refractivity contribution in [3.63, 3.8) is 0 Å². The first kappa shape index (κ1) is 36.4. The molecule has 0 fully saturated rings. The molecule has 286 valence electrons. The predicted molar refractivity (Wildman–Crippen MR) is 249 cm³/mol. The predicted octanol–water partition coefficient (Wildman–Crippen LogP) is 13.2. The Morgan fingerprint density at radius 3 is 1.62 bits per heavy atom. The van der Waals surface area contributed by atoms with Crippen LogP contribution in [-0.4, -0.2) is 6.71 Å². The second-order valence-electron chi connectivity index (χ2n) is 19.5. The van der Waals surface area contributed by atoms with Crippen LogP contribution in [0.15, 0.2) is 150 Å². The van der Waals surface area contributed by atoms with E-state index in [0.29, 0.717) is 0 Å². The fraction of sp³-hybridized carbons (Fsp3) is 0.222. The fourth-order valence-electron chi connectivity index (χ4n) is 9.24. The Hall–Kier alpha value is -6.00. The lowest BCUT2D eigenvalue weighted by molar-refractivity contribution is 0.590. The Morgan fingerprint density at radius 2 is 0.948 bits per heavy atom. The summed E-state index contributed by atoms with van der Waals surface area (Å²) in [6, 6.07) is 54.7. The number of fused-ring (bicyclic) bond motifs is 7. The molecule has 3 heterocycles.